The average molecular weight is 403 g/mol. The van der Waals surface area contributed by atoms with Crippen LogP contribution < -0.4 is 10.1 Å². The normalized spacial score (nSPS) is 13.8. The van der Waals surface area contributed by atoms with Gasteiger partial charge in [-0.1, -0.05) is 42.5 Å². The summed E-state index contributed by atoms with van der Waals surface area (Å²) in [5.74, 6) is -0.192. The number of phenols is 1. The fourth-order valence-corrected chi connectivity index (χ4v) is 3.37. The van der Waals surface area contributed by atoms with E-state index in [1.807, 2.05) is 45.9 Å². The summed E-state index contributed by atoms with van der Waals surface area (Å²) < 4.78 is 6.04. The van der Waals surface area contributed by atoms with Crippen molar-refractivity contribution in [3.05, 3.63) is 88.7 Å². The first-order valence-electron chi connectivity index (χ1n) is 9.87. The van der Waals surface area contributed by atoms with Gasteiger partial charge in [-0.15, -0.1) is 0 Å². The lowest BCUT2D eigenvalue weighted by molar-refractivity contribution is 0.0977. The molecule has 30 heavy (non-hydrogen) atoms. The molecule has 0 heterocycles. The van der Waals surface area contributed by atoms with Gasteiger partial charge in [-0.25, -0.2) is 0 Å². The molecule has 0 bridgehead atoms. The molecule has 5 heteroatoms. The maximum Gasteiger partial charge on any atom is 0.198 e. The molecule has 0 unspecified atom stereocenters. The minimum atomic E-state index is -0.380. The van der Waals surface area contributed by atoms with Crippen LogP contribution >= 0.6 is 0 Å². The van der Waals surface area contributed by atoms with E-state index < -0.39 is 0 Å². The van der Waals surface area contributed by atoms with E-state index in [1.165, 1.54) is 6.07 Å². The maximum atomic E-state index is 13.3. The van der Waals surface area contributed by atoms with Gasteiger partial charge >= 0.3 is 0 Å². The van der Waals surface area contributed by atoms with E-state index in [0.717, 1.165) is 0 Å². The number of ether oxygens (including phenoxy) is 1. The van der Waals surface area contributed by atoms with Crippen molar-refractivity contribution in [2.75, 3.05) is 5.32 Å². The lowest BCUT2D eigenvalue weighted by atomic mass is 9.82. The van der Waals surface area contributed by atoms with Crippen molar-refractivity contribution in [2.45, 2.75) is 33.7 Å². The molecule has 154 valence electrons. The van der Waals surface area contributed by atoms with E-state index in [-0.39, 0.29) is 45.8 Å². The molecule has 2 aromatic rings. The predicted molar refractivity (Wildman–Crippen MR) is 119 cm³/mol. The lowest BCUT2D eigenvalue weighted by Gasteiger charge is -2.25. The molecule has 3 rings (SSSR count). The maximum absolute atomic E-state index is 13.3. The van der Waals surface area contributed by atoms with E-state index in [9.17, 15) is 14.7 Å². The third-order valence-corrected chi connectivity index (χ3v) is 4.59. The van der Waals surface area contributed by atoms with Gasteiger partial charge in [0.2, 0.25) is 0 Å². The summed E-state index contributed by atoms with van der Waals surface area (Å²) in [6.45, 7) is 7.61. The second-order valence-electron chi connectivity index (χ2n) is 7.22. The number of carbonyl (C=O) groups excluding carboxylic acids is 2. The molecule has 1 aliphatic carbocycles. The molecule has 1 aliphatic rings. The SMILES string of the molecule is C\C=C/C=C(\C=C/C)Oc1cc(O)c2c(c1NC(C)C)C(=O)c1ccccc1C2=O. The number of aromatic hydroxyl groups is 1. The van der Waals surface area contributed by atoms with Crippen molar-refractivity contribution in [1.29, 1.82) is 0 Å². The van der Waals surface area contributed by atoms with Gasteiger partial charge in [-0.2, -0.15) is 0 Å². The Labute approximate surface area is 176 Å². The largest absolute Gasteiger partial charge is 0.507 e. The zero-order valence-electron chi connectivity index (χ0n) is 17.5. The van der Waals surface area contributed by atoms with Crippen LogP contribution in [0.4, 0.5) is 5.69 Å². The predicted octanol–water partition coefficient (Wildman–Crippen LogP) is 5.40. The average Bonchev–Trinajstić information content (AvgIpc) is 2.71. The van der Waals surface area contributed by atoms with Gasteiger partial charge in [0.25, 0.3) is 0 Å². The van der Waals surface area contributed by atoms with Gasteiger partial charge in [-0.3, -0.25) is 9.59 Å². The van der Waals surface area contributed by atoms with Crippen molar-refractivity contribution in [3.8, 4) is 11.5 Å². The summed E-state index contributed by atoms with van der Waals surface area (Å²) in [6, 6.07) is 7.99. The minimum Gasteiger partial charge on any atom is -0.507 e. The highest BCUT2D eigenvalue weighted by atomic mass is 16.5. The Bertz CT molecular complexity index is 1090. The van der Waals surface area contributed by atoms with Crippen LogP contribution in [0.15, 0.2) is 66.5 Å². The quantitative estimate of drug-likeness (QED) is 0.327. The number of benzene rings is 2. The molecule has 0 radical (unpaired) electrons. The number of anilines is 1. The summed E-state index contributed by atoms with van der Waals surface area (Å²) in [5, 5.41) is 13.9. The molecule has 0 aromatic heterocycles. The van der Waals surface area contributed by atoms with E-state index in [2.05, 4.69) is 5.32 Å². The van der Waals surface area contributed by atoms with E-state index >= 15 is 0 Å². The molecule has 0 atom stereocenters. The summed E-state index contributed by atoms with van der Waals surface area (Å²) in [7, 11) is 0. The summed E-state index contributed by atoms with van der Waals surface area (Å²) in [5.41, 5.74) is 1.13. The van der Waals surface area contributed by atoms with Crippen molar-refractivity contribution in [1.82, 2.24) is 0 Å². The van der Waals surface area contributed by atoms with Gasteiger partial charge < -0.3 is 15.2 Å². The standard InChI is InChI=1S/C25H25NO4/c1-5-7-11-16(10-6-2)30-20-14-19(27)21-22(23(20)26-15(3)4)25(29)18-13-9-8-12-17(18)24(21)28/h5-15,26-27H,1-4H3/b7-5-,10-6-,16-11+. The summed E-state index contributed by atoms with van der Waals surface area (Å²) in [4.78, 5) is 26.4. The highest BCUT2D eigenvalue weighted by Gasteiger charge is 2.36. The number of phenolic OH excluding ortho intramolecular Hbond substituents is 1. The number of carbonyl (C=O) groups is 2. The van der Waals surface area contributed by atoms with Crippen molar-refractivity contribution < 1.29 is 19.4 Å². The van der Waals surface area contributed by atoms with Crippen LogP contribution in [-0.2, 0) is 0 Å². The Kier molecular flexibility index (Phi) is 6.21. The third-order valence-electron chi connectivity index (χ3n) is 4.59. The second kappa shape index (κ2) is 8.82. The number of fused-ring (bicyclic) bond motifs is 2. The van der Waals surface area contributed by atoms with Crippen LogP contribution in [0.1, 0.15) is 59.5 Å². The van der Waals surface area contributed by atoms with E-state index in [4.69, 9.17) is 4.74 Å². The molecule has 0 saturated carbocycles. The number of ketones is 2. The Morgan fingerprint density at radius 2 is 1.67 bits per heavy atom. The molecule has 2 aromatic carbocycles. The van der Waals surface area contributed by atoms with E-state index in [0.29, 0.717) is 17.0 Å². The monoisotopic (exact) mass is 403 g/mol. The Morgan fingerprint density at radius 1 is 1.03 bits per heavy atom. The minimum absolute atomic E-state index is 0.000725. The molecular formula is C25H25NO4. The third kappa shape index (κ3) is 3.92. The first-order chi connectivity index (χ1) is 14.4. The second-order valence-corrected chi connectivity index (χ2v) is 7.22. The van der Waals surface area contributed by atoms with Crippen molar-refractivity contribution in [3.63, 3.8) is 0 Å². The number of rotatable bonds is 6. The molecule has 5 nitrogen and oxygen atoms in total. The highest BCUT2D eigenvalue weighted by Crippen LogP contribution is 2.43. The van der Waals surface area contributed by atoms with Crippen LogP contribution in [0.25, 0.3) is 0 Å². The zero-order chi connectivity index (χ0) is 21.8. The van der Waals surface area contributed by atoms with Gasteiger partial charge in [0.05, 0.1) is 16.8 Å². The van der Waals surface area contributed by atoms with Crippen LogP contribution in [0.2, 0.25) is 0 Å². The molecule has 0 aliphatic heterocycles. The first kappa shape index (κ1) is 21.1. The number of allylic oxidation sites excluding steroid dienone is 5. The fraction of sp³-hybridized carbons (Fsp3) is 0.200. The van der Waals surface area contributed by atoms with Crippen LogP contribution in [0.3, 0.4) is 0 Å². The topological polar surface area (TPSA) is 75.6 Å². The molecule has 0 saturated heterocycles. The van der Waals surface area contributed by atoms with Crippen LogP contribution in [0.5, 0.6) is 11.5 Å². The number of nitrogens with one attached hydrogen (secondary N) is 1. The van der Waals surface area contributed by atoms with Crippen LogP contribution in [0, 0.1) is 0 Å². The molecule has 0 spiro atoms. The summed E-state index contributed by atoms with van der Waals surface area (Å²) >= 11 is 0. The lowest BCUT2D eigenvalue weighted by Crippen LogP contribution is -2.24. The molecular weight excluding hydrogens is 378 g/mol. The fourth-order valence-electron chi connectivity index (χ4n) is 3.37. The Balaban J connectivity index is 2.25. The molecule has 0 amide bonds. The smallest absolute Gasteiger partial charge is 0.198 e. The number of hydrogen-bond donors (Lipinski definition) is 2. The zero-order valence-corrected chi connectivity index (χ0v) is 17.5. The Morgan fingerprint density at radius 3 is 2.23 bits per heavy atom. The number of hydrogen-bond acceptors (Lipinski definition) is 5. The van der Waals surface area contributed by atoms with Gasteiger partial charge in [0.15, 0.2) is 17.3 Å². The molecule has 2 N–H and O–H groups in total. The highest BCUT2D eigenvalue weighted by molar-refractivity contribution is 6.31. The van der Waals surface area contributed by atoms with Gasteiger partial charge in [0.1, 0.15) is 11.5 Å². The summed E-state index contributed by atoms with van der Waals surface area (Å²) in [6.07, 6.45) is 9.07. The van der Waals surface area contributed by atoms with Gasteiger partial charge in [0, 0.05) is 23.2 Å². The molecule has 0 fully saturated rings. The Hall–Kier alpha value is -3.60. The van der Waals surface area contributed by atoms with Crippen LogP contribution in [-0.4, -0.2) is 22.7 Å². The van der Waals surface area contributed by atoms with Gasteiger partial charge in [-0.05, 0) is 39.8 Å². The van der Waals surface area contributed by atoms with E-state index in [1.54, 1.807) is 36.4 Å². The van der Waals surface area contributed by atoms with Crippen molar-refractivity contribution >= 4 is 17.3 Å². The first-order valence-corrected chi connectivity index (χ1v) is 9.87. The van der Waals surface area contributed by atoms with Crippen molar-refractivity contribution in [2.24, 2.45) is 0 Å².